The highest BCUT2D eigenvalue weighted by atomic mass is 16.1. The quantitative estimate of drug-likeness (QED) is 0.722. The predicted octanol–water partition coefficient (Wildman–Crippen LogP) is 4.68. The molecule has 0 aliphatic carbocycles. The molecule has 1 aliphatic rings. The summed E-state index contributed by atoms with van der Waals surface area (Å²) in [6.07, 6.45) is 5.08. The average molecular weight is 372 g/mol. The predicted molar refractivity (Wildman–Crippen MR) is 112 cm³/mol. The number of carbonyl (C=O) groups excluding carboxylic acids is 1. The summed E-state index contributed by atoms with van der Waals surface area (Å²) >= 11 is 0. The summed E-state index contributed by atoms with van der Waals surface area (Å²) in [7, 11) is 0. The van der Waals surface area contributed by atoms with Crippen LogP contribution >= 0.6 is 0 Å². The Morgan fingerprint density at radius 2 is 1.96 bits per heavy atom. The highest BCUT2D eigenvalue weighted by molar-refractivity contribution is 6.03. The molecule has 5 nitrogen and oxygen atoms in total. The smallest absolute Gasteiger partial charge is 0.275 e. The molecule has 2 heterocycles. The van der Waals surface area contributed by atoms with Crippen molar-refractivity contribution >= 4 is 23.1 Å². The second-order valence-corrected chi connectivity index (χ2v) is 7.23. The second kappa shape index (κ2) is 7.43. The third-order valence-corrected chi connectivity index (χ3v) is 5.30. The van der Waals surface area contributed by atoms with E-state index in [2.05, 4.69) is 52.2 Å². The van der Waals surface area contributed by atoms with Crippen LogP contribution in [0, 0.1) is 6.92 Å². The van der Waals surface area contributed by atoms with Crippen LogP contribution in [0.25, 0.3) is 0 Å². The Bertz CT molecular complexity index is 1010. The monoisotopic (exact) mass is 372 g/mol. The van der Waals surface area contributed by atoms with Crippen molar-refractivity contribution in [1.29, 1.82) is 0 Å². The molecule has 1 aliphatic heterocycles. The van der Waals surface area contributed by atoms with Gasteiger partial charge in [-0.2, -0.15) is 0 Å². The molecule has 1 unspecified atom stereocenters. The van der Waals surface area contributed by atoms with E-state index < -0.39 is 0 Å². The number of para-hydroxylation sites is 2. The summed E-state index contributed by atoms with van der Waals surface area (Å²) in [5, 5.41) is 3.00. The van der Waals surface area contributed by atoms with E-state index in [1.807, 2.05) is 31.2 Å². The summed E-state index contributed by atoms with van der Waals surface area (Å²) in [6.45, 7) is 6.25. The van der Waals surface area contributed by atoms with Crippen LogP contribution in [0.1, 0.15) is 41.0 Å². The van der Waals surface area contributed by atoms with Gasteiger partial charge in [0.25, 0.3) is 5.91 Å². The fourth-order valence-electron chi connectivity index (χ4n) is 3.86. The van der Waals surface area contributed by atoms with Crippen LogP contribution in [0.3, 0.4) is 0 Å². The van der Waals surface area contributed by atoms with Crippen LogP contribution in [-0.4, -0.2) is 21.9 Å². The molecule has 1 atom stereocenters. The number of hydrogen-bond donors (Lipinski definition) is 1. The Kier molecular flexibility index (Phi) is 4.82. The highest BCUT2D eigenvalue weighted by Crippen LogP contribution is 2.36. The van der Waals surface area contributed by atoms with Crippen LogP contribution in [0.4, 0.5) is 17.2 Å². The van der Waals surface area contributed by atoms with Crippen LogP contribution in [0.2, 0.25) is 0 Å². The number of aromatic nitrogens is 2. The van der Waals surface area contributed by atoms with Gasteiger partial charge in [-0.1, -0.05) is 43.3 Å². The minimum absolute atomic E-state index is 0.238. The van der Waals surface area contributed by atoms with E-state index in [-0.39, 0.29) is 5.91 Å². The molecule has 1 amide bonds. The van der Waals surface area contributed by atoms with Crippen molar-refractivity contribution in [3.05, 3.63) is 77.2 Å². The van der Waals surface area contributed by atoms with E-state index in [9.17, 15) is 4.79 Å². The third-order valence-electron chi connectivity index (χ3n) is 5.30. The van der Waals surface area contributed by atoms with E-state index >= 15 is 0 Å². The van der Waals surface area contributed by atoms with Crippen LogP contribution in [0.15, 0.2) is 54.9 Å². The van der Waals surface area contributed by atoms with Crippen molar-refractivity contribution in [2.45, 2.75) is 39.7 Å². The molecule has 0 bridgehead atoms. The first-order valence-electron chi connectivity index (χ1n) is 9.67. The van der Waals surface area contributed by atoms with Crippen molar-refractivity contribution in [3.63, 3.8) is 0 Å². The Balaban J connectivity index is 1.57. The largest absolute Gasteiger partial charge is 0.322 e. The minimum Gasteiger partial charge on any atom is -0.322 e. The van der Waals surface area contributed by atoms with Gasteiger partial charge in [0, 0.05) is 17.4 Å². The number of nitrogens with one attached hydrogen (secondary N) is 1. The van der Waals surface area contributed by atoms with Gasteiger partial charge >= 0.3 is 0 Å². The van der Waals surface area contributed by atoms with Gasteiger partial charge in [0.15, 0.2) is 5.82 Å². The number of anilines is 3. The maximum atomic E-state index is 12.7. The lowest BCUT2D eigenvalue weighted by Gasteiger charge is -2.23. The molecule has 0 saturated carbocycles. The van der Waals surface area contributed by atoms with Gasteiger partial charge in [0.2, 0.25) is 0 Å². The van der Waals surface area contributed by atoms with Gasteiger partial charge in [0.05, 0.1) is 12.4 Å². The number of benzene rings is 2. The lowest BCUT2D eigenvalue weighted by molar-refractivity contribution is 0.102. The van der Waals surface area contributed by atoms with E-state index in [1.165, 1.54) is 5.56 Å². The van der Waals surface area contributed by atoms with Gasteiger partial charge in [-0.25, -0.2) is 9.97 Å². The Hall–Kier alpha value is -3.21. The van der Waals surface area contributed by atoms with Crippen molar-refractivity contribution in [3.8, 4) is 0 Å². The zero-order valence-corrected chi connectivity index (χ0v) is 16.4. The van der Waals surface area contributed by atoms with Crippen molar-refractivity contribution < 1.29 is 4.79 Å². The lowest BCUT2D eigenvalue weighted by Crippen LogP contribution is -2.25. The molecule has 1 aromatic heterocycles. The standard InChI is InChI=1S/C23H24N4O/c1-4-17-10-7-8-15(2)22(17)26-23(28)19-13-25-21(14-24-19)27-16(3)12-18-9-5-6-11-20(18)27/h5-11,13-14,16H,4,12H2,1-3H3,(H,26,28). The molecule has 0 spiro atoms. The molecule has 0 fully saturated rings. The first-order chi connectivity index (χ1) is 13.6. The maximum absolute atomic E-state index is 12.7. The van der Waals surface area contributed by atoms with Gasteiger partial charge < -0.3 is 10.2 Å². The van der Waals surface area contributed by atoms with Crippen molar-refractivity contribution in [2.24, 2.45) is 0 Å². The fraction of sp³-hybridized carbons (Fsp3) is 0.261. The number of amides is 1. The number of fused-ring (bicyclic) bond motifs is 1. The first kappa shape index (κ1) is 18.2. The number of hydrogen-bond acceptors (Lipinski definition) is 4. The highest BCUT2D eigenvalue weighted by Gasteiger charge is 2.28. The minimum atomic E-state index is -0.238. The molecule has 1 N–H and O–H groups in total. The maximum Gasteiger partial charge on any atom is 0.275 e. The third kappa shape index (κ3) is 3.24. The van der Waals surface area contributed by atoms with Crippen LogP contribution < -0.4 is 10.2 Å². The topological polar surface area (TPSA) is 58.1 Å². The number of carbonyl (C=O) groups is 1. The Morgan fingerprint density at radius 3 is 2.71 bits per heavy atom. The number of aryl methyl sites for hydroxylation is 2. The van der Waals surface area contributed by atoms with E-state index in [0.29, 0.717) is 11.7 Å². The summed E-state index contributed by atoms with van der Waals surface area (Å²) < 4.78 is 0. The average Bonchev–Trinajstić information content (AvgIpc) is 3.05. The molecule has 0 radical (unpaired) electrons. The normalized spacial score (nSPS) is 15.4. The molecule has 28 heavy (non-hydrogen) atoms. The summed E-state index contributed by atoms with van der Waals surface area (Å²) in [4.78, 5) is 23.8. The van der Waals surface area contributed by atoms with E-state index in [1.54, 1.807) is 12.4 Å². The lowest BCUT2D eigenvalue weighted by atomic mass is 10.1. The molecule has 2 aromatic carbocycles. The van der Waals surface area contributed by atoms with Crippen molar-refractivity contribution in [2.75, 3.05) is 10.2 Å². The molecular formula is C23H24N4O. The van der Waals surface area contributed by atoms with Gasteiger partial charge in [-0.05, 0) is 49.4 Å². The summed E-state index contributed by atoms with van der Waals surface area (Å²) in [5.41, 5.74) is 5.80. The van der Waals surface area contributed by atoms with Crippen molar-refractivity contribution in [1.82, 2.24) is 9.97 Å². The summed E-state index contributed by atoms with van der Waals surface area (Å²) in [5.74, 6) is 0.525. The van der Waals surface area contributed by atoms with Gasteiger partial charge in [-0.3, -0.25) is 4.79 Å². The molecule has 0 saturated heterocycles. The van der Waals surface area contributed by atoms with Crippen LogP contribution in [0.5, 0.6) is 0 Å². The number of nitrogens with zero attached hydrogens (tertiary/aromatic N) is 3. The van der Waals surface area contributed by atoms with E-state index in [0.717, 1.165) is 41.2 Å². The van der Waals surface area contributed by atoms with Crippen LogP contribution in [-0.2, 0) is 12.8 Å². The van der Waals surface area contributed by atoms with E-state index in [4.69, 9.17) is 0 Å². The van der Waals surface area contributed by atoms with Gasteiger partial charge in [-0.15, -0.1) is 0 Å². The summed E-state index contributed by atoms with van der Waals surface area (Å²) in [6, 6.07) is 14.7. The zero-order valence-electron chi connectivity index (χ0n) is 16.4. The molecule has 142 valence electrons. The molecule has 4 rings (SSSR count). The SMILES string of the molecule is CCc1cccc(C)c1NC(=O)c1cnc(N2c3ccccc3CC2C)cn1. The van der Waals surface area contributed by atoms with Gasteiger partial charge in [0.1, 0.15) is 5.69 Å². The molecular weight excluding hydrogens is 348 g/mol. The second-order valence-electron chi connectivity index (χ2n) is 7.23. The Labute approximate surface area is 165 Å². The molecule has 3 aromatic rings. The zero-order chi connectivity index (χ0) is 19.7. The number of rotatable bonds is 4. The molecule has 5 heteroatoms. The Morgan fingerprint density at radius 1 is 1.14 bits per heavy atom. The fourth-order valence-corrected chi connectivity index (χ4v) is 3.86. The first-order valence-corrected chi connectivity index (χ1v) is 9.67.